The van der Waals surface area contributed by atoms with Gasteiger partial charge in [0.05, 0.1) is 32.9 Å². The Balaban J connectivity index is 1.66. The van der Waals surface area contributed by atoms with Crippen molar-refractivity contribution in [1.82, 2.24) is 10.2 Å². The molecule has 1 aliphatic carbocycles. The third kappa shape index (κ3) is 5.35. The number of nitrogens with zero attached hydrogens (tertiary/aromatic N) is 2. The van der Waals surface area contributed by atoms with E-state index in [1.807, 2.05) is 12.1 Å². The van der Waals surface area contributed by atoms with Crippen LogP contribution in [0.2, 0.25) is 0 Å². The van der Waals surface area contributed by atoms with E-state index in [4.69, 9.17) is 15.2 Å². The van der Waals surface area contributed by atoms with Gasteiger partial charge >= 0.3 is 0 Å². The molecule has 26 heavy (non-hydrogen) atoms. The second kappa shape index (κ2) is 9.78. The van der Waals surface area contributed by atoms with Crippen LogP contribution in [0.5, 0.6) is 5.75 Å². The number of methoxy groups -OCH3 is 1. The maximum Gasteiger partial charge on any atom is 0.188 e. The number of aliphatic imine (C=N–C) groups is 1. The van der Waals surface area contributed by atoms with Crippen LogP contribution in [0.15, 0.2) is 29.3 Å². The maximum absolute atomic E-state index is 6.18. The summed E-state index contributed by atoms with van der Waals surface area (Å²) in [6.07, 6.45) is 6.30. The minimum absolute atomic E-state index is 0.205. The lowest BCUT2D eigenvalue weighted by atomic mass is 9.96. The lowest BCUT2D eigenvalue weighted by molar-refractivity contribution is 0.0179. The molecule has 6 nitrogen and oxygen atoms in total. The fourth-order valence-electron chi connectivity index (χ4n) is 3.83. The molecule has 0 aromatic heterocycles. The quantitative estimate of drug-likeness (QED) is 0.602. The van der Waals surface area contributed by atoms with Gasteiger partial charge in [0.2, 0.25) is 0 Å². The summed E-state index contributed by atoms with van der Waals surface area (Å²) in [4.78, 5) is 7.12. The van der Waals surface area contributed by atoms with Crippen molar-refractivity contribution in [2.24, 2.45) is 10.7 Å². The summed E-state index contributed by atoms with van der Waals surface area (Å²) in [5, 5.41) is 3.41. The second-order valence-electron chi connectivity index (χ2n) is 7.14. The summed E-state index contributed by atoms with van der Waals surface area (Å²) >= 11 is 0. The lowest BCUT2D eigenvalue weighted by Gasteiger charge is -2.34. The van der Waals surface area contributed by atoms with Crippen LogP contribution in [0.3, 0.4) is 0 Å². The standard InChI is InChI=1S/C20H32N4O2/c1-25-18-9-7-16(8-10-18)19(24-11-13-26-14-12-24)15-22-20(21)23-17-5-3-2-4-6-17/h7-10,17,19H,2-6,11-15H2,1H3,(H3,21,22,23). The minimum Gasteiger partial charge on any atom is -0.497 e. The molecule has 3 N–H and O–H groups in total. The van der Waals surface area contributed by atoms with E-state index in [0.29, 0.717) is 18.5 Å². The molecule has 1 heterocycles. The van der Waals surface area contributed by atoms with E-state index < -0.39 is 0 Å². The molecule has 0 radical (unpaired) electrons. The predicted octanol–water partition coefficient (Wildman–Crippen LogP) is 2.31. The summed E-state index contributed by atoms with van der Waals surface area (Å²) in [7, 11) is 1.69. The number of ether oxygens (including phenoxy) is 2. The molecule has 1 aromatic carbocycles. The summed E-state index contributed by atoms with van der Waals surface area (Å²) in [5.74, 6) is 1.44. The molecule has 0 amide bonds. The van der Waals surface area contributed by atoms with Crippen molar-refractivity contribution < 1.29 is 9.47 Å². The van der Waals surface area contributed by atoms with Crippen molar-refractivity contribution in [1.29, 1.82) is 0 Å². The topological polar surface area (TPSA) is 72.1 Å². The van der Waals surface area contributed by atoms with E-state index in [9.17, 15) is 0 Å². The first-order valence-electron chi connectivity index (χ1n) is 9.78. The number of rotatable bonds is 6. The molecular weight excluding hydrogens is 328 g/mol. The molecule has 3 rings (SSSR count). The van der Waals surface area contributed by atoms with Crippen molar-refractivity contribution in [3.8, 4) is 5.75 Å². The summed E-state index contributed by atoms with van der Waals surface area (Å²) in [6.45, 7) is 4.03. The molecule has 0 bridgehead atoms. The van der Waals surface area contributed by atoms with Crippen LogP contribution in [0.4, 0.5) is 0 Å². The number of benzene rings is 1. The smallest absolute Gasteiger partial charge is 0.188 e. The van der Waals surface area contributed by atoms with Crippen molar-refractivity contribution >= 4 is 5.96 Å². The van der Waals surface area contributed by atoms with E-state index >= 15 is 0 Å². The minimum atomic E-state index is 0.205. The largest absolute Gasteiger partial charge is 0.497 e. The average Bonchev–Trinajstić information content (AvgIpc) is 2.70. The Morgan fingerprint density at radius 3 is 2.58 bits per heavy atom. The highest BCUT2D eigenvalue weighted by molar-refractivity contribution is 5.78. The third-order valence-electron chi connectivity index (χ3n) is 5.38. The fraction of sp³-hybridized carbons (Fsp3) is 0.650. The van der Waals surface area contributed by atoms with E-state index in [-0.39, 0.29) is 6.04 Å². The third-order valence-corrected chi connectivity index (χ3v) is 5.38. The van der Waals surface area contributed by atoms with Gasteiger partial charge in [-0.2, -0.15) is 0 Å². The monoisotopic (exact) mass is 360 g/mol. The highest BCUT2D eigenvalue weighted by Gasteiger charge is 2.23. The van der Waals surface area contributed by atoms with Gasteiger partial charge in [-0.25, -0.2) is 0 Å². The Morgan fingerprint density at radius 2 is 1.92 bits per heavy atom. The van der Waals surface area contributed by atoms with Crippen LogP contribution in [0.1, 0.15) is 43.7 Å². The zero-order valence-corrected chi connectivity index (χ0v) is 15.8. The molecule has 1 saturated heterocycles. The van der Waals surface area contributed by atoms with E-state index in [1.54, 1.807) is 7.11 Å². The molecular formula is C20H32N4O2. The van der Waals surface area contributed by atoms with Gasteiger partial charge in [-0.15, -0.1) is 0 Å². The molecule has 2 fully saturated rings. The van der Waals surface area contributed by atoms with Gasteiger partial charge < -0.3 is 20.5 Å². The van der Waals surface area contributed by atoms with Gasteiger partial charge in [0.25, 0.3) is 0 Å². The Bertz CT molecular complexity index is 564. The summed E-state index contributed by atoms with van der Waals surface area (Å²) < 4.78 is 10.8. The number of hydrogen-bond donors (Lipinski definition) is 2. The van der Waals surface area contributed by atoms with Crippen LogP contribution < -0.4 is 15.8 Å². The predicted molar refractivity (Wildman–Crippen MR) is 105 cm³/mol. The van der Waals surface area contributed by atoms with Gasteiger partial charge in [0.1, 0.15) is 5.75 Å². The highest BCUT2D eigenvalue weighted by Crippen LogP contribution is 2.24. The average molecular weight is 361 g/mol. The van der Waals surface area contributed by atoms with Crippen molar-refractivity contribution in [2.75, 3.05) is 40.0 Å². The van der Waals surface area contributed by atoms with Crippen molar-refractivity contribution in [2.45, 2.75) is 44.2 Å². The number of nitrogens with one attached hydrogen (secondary N) is 1. The van der Waals surface area contributed by atoms with E-state index in [0.717, 1.165) is 32.1 Å². The molecule has 0 spiro atoms. The number of morpholine rings is 1. The number of nitrogens with two attached hydrogens (primary N) is 1. The molecule has 1 saturated carbocycles. The molecule has 1 atom stereocenters. The van der Waals surface area contributed by atoms with E-state index in [1.165, 1.54) is 37.7 Å². The first-order valence-corrected chi connectivity index (χ1v) is 9.78. The molecule has 144 valence electrons. The zero-order valence-electron chi connectivity index (χ0n) is 15.8. The number of guanidine groups is 1. The number of hydrogen-bond acceptors (Lipinski definition) is 4. The highest BCUT2D eigenvalue weighted by atomic mass is 16.5. The molecule has 1 unspecified atom stereocenters. The van der Waals surface area contributed by atoms with Crippen molar-refractivity contribution in [3.63, 3.8) is 0 Å². The fourth-order valence-corrected chi connectivity index (χ4v) is 3.83. The van der Waals surface area contributed by atoms with Crippen molar-refractivity contribution in [3.05, 3.63) is 29.8 Å². The van der Waals surface area contributed by atoms with Crippen LogP contribution in [0, 0.1) is 0 Å². The summed E-state index contributed by atoms with van der Waals surface area (Å²) in [6, 6.07) is 8.96. The van der Waals surface area contributed by atoms with Gasteiger partial charge in [0, 0.05) is 19.1 Å². The zero-order chi connectivity index (χ0) is 18.2. The Kier molecular flexibility index (Phi) is 7.14. The molecule has 2 aliphatic rings. The normalized spacial score (nSPS) is 21.3. The SMILES string of the molecule is COc1ccc(C(CN=C(N)NC2CCCCC2)N2CCOCC2)cc1. The molecule has 1 aromatic rings. The molecule has 1 aliphatic heterocycles. The van der Waals surface area contributed by atoms with Gasteiger partial charge in [-0.3, -0.25) is 9.89 Å². The first kappa shape index (κ1) is 19.0. The lowest BCUT2D eigenvalue weighted by Crippen LogP contribution is -2.43. The second-order valence-corrected chi connectivity index (χ2v) is 7.14. The maximum atomic E-state index is 6.18. The van der Waals surface area contributed by atoms with Crippen LogP contribution in [0.25, 0.3) is 0 Å². The Morgan fingerprint density at radius 1 is 1.23 bits per heavy atom. The molecule has 6 heteroatoms. The Hall–Kier alpha value is -1.79. The first-order chi connectivity index (χ1) is 12.8. The van der Waals surface area contributed by atoms with Crippen LogP contribution in [-0.2, 0) is 4.74 Å². The van der Waals surface area contributed by atoms with Gasteiger partial charge in [0.15, 0.2) is 5.96 Å². The Labute approximate surface area is 156 Å². The van der Waals surface area contributed by atoms with Crippen LogP contribution >= 0.6 is 0 Å². The van der Waals surface area contributed by atoms with E-state index in [2.05, 4.69) is 27.3 Å². The van der Waals surface area contributed by atoms with Crippen LogP contribution in [-0.4, -0.2) is 56.9 Å². The van der Waals surface area contributed by atoms with Gasteiger partial charge in [-0.05, 0) is 30.5 Å². The van der Waals surface area contributed by atoms with Gasteiger partial charge in [-0.1, -0.05) is 31.4 Å². The summed E-state index contributed by atoms with van der Waals surface area (Å²) in [5.41, 5.74) is 7.42.